The van der Waals surface area contributed by atoms with Crippen LogP contribution in [0.4, 0.5) is 0 Å². The molecule has 6 nitrogen and oxygen atoms in total. The molecule has 1 N–H and O–H groups in total. The molecule has 0 fully saturated rings. The predicted octanol–water partition coefficient (Wildman–Crippen LogP) is 4.02. The zero-order chi connectivity index (χ0) is 18.7. The summed E-state index contributed by atoms with van der Waals surface area (Å²) in [5, 5.41) is 10.2. The van der Waals surface area contributed by atoms with E-state index in [4.69, 9.17) is 14.2 Å². The molecule has 26 heavy (non-hydrogen) atoms. The number of pyridine rings is 1. The molecule has 1 heterocycles. The van der Waals surface area contributed by atoms with Gasteiger partial charge in [0, 0.05) is 17.0 Å². The molecule has 134 valence electrons. The van der Waals surface area contributed by atoms with E-state index in [1.54, 1.807) is 37.4 Å². The number of hydrogen-bond acceptors (Lipinski definition) is 5. The summed E-state index contributed by atoms with van der Waals surface area (Å²) in [7, 11) is 3.13. The molecular weight excluding hydrogens is 334 g/mol. The SMILES string of the molecule is CCOc1cc2c(C(=O)O)cc(-c3ccc(OC)cc3)nc2cc1OC. The van der Waals surface area contributed by atoms with E-state index >= 15 is 0 Å². The molecule has 0 aliphatic carbocycles. The molecule has 6 heteroatoms. The standard InChI is InChI=1S/C20H19NO5/c1-4-26-19-10-14-15(20(22)23)9-16(21-17(14)11-18(19)25-3)12-5-7-13(24-2)8-6-12/h5-11H,4H2,1-3H3,(H,22,23). The van der Waals surface area contributed by atoms with Crippen LogP contribution < -0.4 is 14.2 Å². The molecule has 0 aliphatic heterocycles. The van der Waals surface area contributed by atoms with Gasteiger partial charge in [-0.15, -0.1) is 0 Å². The lowest BCUT2D eigenvalue weighted by Gasteiger charge is -2.13. The van der Waals surface area contributed by atoms with Crippen LogP contribution in [0.1, 0.15) is 17.3 Å². The molecule has 0 unspecified atom stereocenters. The van der Waals surface area contributed by atoms with Crippen molar-refractivity contribution in [2.24, 2.45) is 0 Å². The maximum atomic E-state index is 11.8. The lowest BCUT2D eigenvalue weighted by Crippen LogP contribution is -2.02. The summed E-state index contributed by atoms with van der Waals surface area (Å²) in [6.07, 6.45) is 0. The van der Waals surface area contributed by atoms with E-state index in [9.17, 15) is 9.90 Å². The molecular formula is C20H19NO5. The molecule has 0 saturated carbocycles. The van der Waals surface area contributed by atoms with Gasteiger partial charge in [-0.2, -0.15) is 0 Å². The fourth-order valence-corrected chi connectivity index (χ4v) is 2.75. The Balaban J connectivity index is 2.22. The quantitative estimate of drug-likeness (QED) is 0.721. The topological polar surface area (TPSA) is 77.9 Å². The van der Waals surface area contributed by atoms with Crippen molar-refractivity contribution < 1.29 is 24.1 Å². The molecule has 3 rings (SSSR count). The zero-order valence-electron chi connectivity index (χ0n) is 14.8. The number of carbonyl (C=O) groups is 1. The van der Waals surface area contributed by atoms with Crippen LogP contribution in [-0.2, 0) is 0 Å². The van der Waals surface area contributed by atoms with Gasteiger partial charge in [-0.25, -0.2) is 9.78 Å². The first-order chi connectivity index (χ1) is 12.6. The highest BCUT2D eigenvalue weighted by Gasteiger charge is 2.17. The van der Waals surface area contributed by atoms with E-state index in [-0.39, 0.29) is 5.56 Å². The molecule has 3 aromatic rings. The van der Waals surface area contributed by atoms with E-state index in [1.807, 2.05) is 19.1 Å². The zero-order valence-corrected chi connectivity index (χ0v) is 14.8. The second-order valence-electron chi connectivity index (χ2n) is 5.54. The Hall–Kier alpha value is -3.28. The van der Waals surface area contributed by atoms with Crippen LogP contribution in [0.15, 0.2) is 42.5 Å². The van der Waals surface area contributed by atoms with Gasteiger partial charge in [-0.3, -0.25) is 0 Å². The van der Waals surface area contributed by atoms with Crippen LogP contribution in [-0.4, -0.2) is 36.9 Å². The third kappa shape index (κ3) is 3.26. The van der Waals surface area contributed by atoms with Crippen molar-refractivity contribution in [3.05, 3.63) is 48.0 Å². The second-order valence-corrected chi connectivity index (χ2v) is 5.54. The molecule has 0 radical (unpaired) electrons. The van der Waals surface area contributed by atoms with Crippen molar-refractivity contribution in [1.29, 1.82) is 0 Å². The molecule has 2 aromatic carbocycles. The van der Waals surface area contributed by atoms with E-state index in [0.29, 0.717) is 34.7 Å². The number of nitrogens with zero attached hydrogens (tertiary/aromatic N) is 1. The predicted molar refractivity (Wildman–Crippen MR) is 98.4 cm³/mol. The van der Waals surface area contributed by atoms with Gasteiger partial charge in [0.25, 0.3) is 0 Å². The summed E-state index contributed by atoms with van der Waals surface area (Å²) in [5.41, 5.74) is 2.03. The highest BCUT2D eigenvalue weighted by atomic mass is 16.5. The molecule has 0 atom stereocenters. The number of ether oxygens (including phenoxy) is 3. The number of fused-ring (bicyclic) bond motifs is 1. The fraction of sp³-hybridized carbons (Fsp3) is 0.200. The number of rotatable bonds is 6. The van der Waals surface area contributed by atoms with Gasteiger partial charge in [0.15, 0.2) is 11.5 Å². The first-order valence-corrected chi connectivity index (χ1v) is 8.10. The van der Waals surface area contributed by atoms with E-state index in [0.717, 1.165) is 11.3 Å². The minimum atomic E-state index is -1.03. The summed E-state index contributed by atoms with van der Waals surface area (Å²) >= 11 is 0. The largest absolute Gasteiger partial charge is 0.497 e. The highest BCUT2D eigenvalue weighted by Crippen LogP contribution is 2.35. The Morgan fingerprint density at radius 1 is 1.04 bits per heavy atom. The Labute approximate surface area is 151 Å². The molecule has 0 amide bonds. The van der Waals surface area contributed by atoms with Gasteiger partial charge in [-0.1, -0.05) is 0 Å². The van der Waals surface area contributed by atoms with Gasteiger partial charge in [-0.05, 0) is 43.3 Å². The van der Waals surface area contributed by atoms with Crippen molar-refractivity contribution >= 4 is 16.9 Å². The average molecular weight is 353 g/mol. The Morgan fingerprint density at radius 2 is 1.77 bits per heavy atom. The van der Waals surface area contributed by atoms with Crippen LogP contribution in [0.5, 0.6) is 17.2 Å². The minimum Gasteiger partial charge on any atom is -0.497 e. The fourth-order valence-electron chi connectivity index (χ4n) is 2.75. The van der Waals surface area contributed by atoms with Crippen molar-refractivity contribution in [1.82, 2.24) is 4.98 Å². The van der Waals surface area contributed by atoms with E-state index in [2.05, 4.69) is 4.98 Å². The van der Waals surface area contributed by atoms with Crippen molar-refractivity contribution in [3.63, 3.8) is 0 Å². The van der Waals surface area contributed by atoms with Crippen molar-refractivity contribution in [3.8, 4) is 28.5 Å². The number of aromatic carboxylic acids is 1. The van der Waals surface area contributed by atoms with Crippen LogP contribution in [0.3, 0.4) is 0 Å². The van der Waals surface area contributed by atoms with Crippen molar-refractivity contribution in [2.75, 3.05) is 20.8 Å². The smallest absolute Gasteiger partial charge is 0.336 e. The monoisotopic (exact) mass is 353 g/mol. The normalized spacial score (nSPS) is 10.6. The summed E-state index contributed by atoms with van der Waals surface area (Å²) in [6, 6.07) is 12.2. The first kappa shape index (κ1) is 17.5. The molecule has 0 bridgehead atoms. The van der Waals surface area contributed by atoms with Crippen LogP contribution in [0.25, 0.3) is 22.2 Å². The maximum absolute atomic E-state index is 11.8. The number of hydrogen-bond donors (Lipinski definition) is 1. The van der Waals surface area contributed by atoms with Crippen LogP contribution in [0, 0.1) is 0 Å². The molecule has 0 aliphatic rings. The number of aromatic nitrogens is 1. The number of methoxy groups -OCH3 is 2. The summed E-state index contributed by atoms with van der Waals surface area (Å²) in [4.78, 5) is 16.4. The Morgan fingerprint density at radius 3 is 2.35 bits per heavy atom. The van der Waals surface area contributed by atoms with Gasteiger partial charge < -0.3 is 19.3 Å². The van der Waals surface area contributed by atoms with Crippen LogP contribution in [0.2, 0.25) is 0 Å². The van der Waals surface area contributed by atoms with Gasteiger partial charge in [0.2, 0.25) is 0 Å². The van der Waals surface area contributed by atoms with E-state index in [1.165, 1.54) is 7.11 Å². The molecule has 0 spiro atoms. The maximum Gasteiger partial charge on any atom is 0.336 e. The summed E-state index contributed by atoms with van der Waals surface area (Å²) in [6.45, 7) is 2.30. The van der Waals surface area contributed by atoms with E-state index < -0.39 is 5.97 Å². The molecule has 1 aromatic heterocycles. The molecule has 0 saturated heterocycles. The Kier molecular flexibility index (Phi) is 4.93. The second kappa shape index (κ2) is 7.31. The van der Waals surface area contributed by atoms with Gasteiger partial charge in [0.1, 0.15) is 5.75 Å². The summed E-state index contributed by atoms with van der Waals surface area (Å²) in [5.74, 6) is 0.690. The number of carboxylic acids is 1. The average Bonchev–Trinajstić information content (AvgIpc) is 2.66. The summed E-state index contributed by atoms with van der Waals surface area (Å²) < 4.78 is 16.1. The van der Waals surface area contributed by atoms with Crippen LogP contribution >= 0.6 is 0 Å². The third-order valence-electron chi connectivity index (χ3n) is 4.01. The van der Waals surface area contributed by atoms with Gasteiger partial charge in [0.05, 0.1) is 37.6 Å². The number of benzene rings is 2. The minimum absolute atomic E-state index is 0.157. The first-order valence-electron chi connectivity index (χ1n) is 8.10. The van der Waals surface area contributed by atoms with Gasteiger partial charge >= 0.3 is 5.97 Å². The highest BCUT2D eigenvalue weighted by molar-refractivity contribution is 6.04. The van der Waals surface area contributed by atoms with Crippen molar-refractivity contribution in [2.45, 2.75) is 6.92 Å². The lowest BCUT2D eigenvalue weighted by atomic mass is 10.0. The number of carboxylic acid groups (broad SMARTS) is 1. The third-order valence-corrected chi connectivity index (χ3v) is 4.01. The lowest BCUT2D eigenvalue weighted by molar-refractivity contribution is 0.0699. The Bertz CT molecular complexity index is 951.